The van der Waals surface area contributed by atoms with E-state index in [2.05, 4.69) is 53.8 Å². The molecule has 3 aromatic rings. The molecular formula is C16H14N2S. The van der Waals surface area contributed by atoms with Gasteiger partial charge in [-0.05, 0) is 29.7 Å². The van der Waals surface area contributed by atoms with E-state index in [0.717, 1.165) is 18.5 Å². The number of benzene rings is 2. The van der Waals surface area contributed by atoms with Gasteiger partial charge in [0.25, 0.3) is 0 Å². The van der Waals surface area contributed by atoms with Crippen LogP contribution in [0.25, 0.3) is 10.2 Å². The van der Waals surface area contributed by atoms with Gasteiger partial charge in [-0.3, -0.25) is 0 Å². The van der Waals surface area contributed by atoms with Crippen LogP contribution in [0.1, 0.15) is 22.2 Å². The van der Waals surface area contributed by atoms with Gasteiger partial charge >= 0.3 is 0 Å². The lowest BCUT2D eigenvalue weighted by Gasteiger charge is -2.24. The largest absolute Gasteiger partial charge is 0.304 e. The molecule has 0 spiro atoms. The molecule has 0 amide bonds. The molecule has 0 radical (unpaired) electrons. The summed E-state index contributed by atoms with van der Waals surface area (Å²) in [5.74, 6) is 0. The van der Waals surface area contributed by atoms with Crippen LogP contribution in [-0.2, 0) is 13.0 Å². The zero-order chi connectivity index (χ0) is 12.7. The summed E-state index contributed by atoms with van der Waals surface area (Å²) in [7, 11) is 0. The second kappa shape index (κ2) is 4.44. The number of hydrogen-bond acceptors (Lipinski definition) is 3. The van der Waals surface area contributed by atoms with Gasteiger partial charge in [-0.25, -0.2) is 4.98 Å². The molecule has 0 bridgehead atoms. The molecular weight excluding hydrogens is 252 g/mol. The van der Waals surface area contributed by atoms with Gasteiger partial charge < -0.3 is 5.32 Å². The summed E-state index contributed by atoms with van der Waals surface area (Å²) in [6, 6.07) is 17.4. The maximum absolute atomic E-state index is 4.77. The summed E-state index contributed by atoms with van der Waals surface area (Å²) >= 11 is 1.80. The Morgan fingerprint density at radius 2 is 1.79 bits per heavy atom. The Morgan fingerprint density at radius 3 is 2.68 bits per heavy atom. The Balaban J connectivity index is 1.70. The van der Waals surface area contributed by atoms with Gasteiger partial charge in [0.1, 0.15) is 5.01 Å². The third-order valence-electron chi connectivity index (χ3n) is 3.69. The Morgan fingerprint density at radius 1 is 1.00 bits per heavy atom. The Hall–Kier alpha value is -1.71. The van der Waals surface area contributed by atoms with Gasteiger partial charge in [0.15, 0.2) is 0 Å². The summed E-state index contributed by atoms with van der Waals surface area (Å²) in [6.45, 7) is 0.941. The molecule has 1 aliphatic rings. The third kappa shape index (κ3) is 1.95. The number of fused-ring (bicyclic) bond motifs is 2. The van der Waals surface area contributed by atoms with E-state index in [9.17, 15) is 0 Å². The molecule has 1 aliphatic heterocycles. The van der Waals surface area contributed by atoms with E-state index in [4.69, 9.17) is 4.98 Å². The fourth-order valence-corrected chi connectivity index (χ4v) is 3.71. The number of aromatic nitrogens is 1. The standard InChI is InChI=1S/C16H14N2S/c1-2-6-12-10-17-14(9-11(12)5-1)16-18-13-7-3-4-8-15(13)19-16/h1-8,14,17H,9-10H2. The number of nitrogens with zero attached hydrogens (tertiary/aromatic N) is 1. The highest BCUT2D eigenvalue weighted by atomic mass is 32.1. The normalized spacial score (nSPS) is 18.4. The van der Waals surface area contributed by atoms with Crippen LogP contribution in [0.3, 0.4) is 0 Å². The molecule has 1 atom stereocenters. The molecule has 2 aromatic carbocycles. The lowest BCUT2D eigenvalue weighted by Crippen LogP contribution is -2.28. The van der Waals surface area contributed by atoms with Crippen LogP contribution in [0.15, 0.2) is 48.5 Å². The van der Waals surface area contributed by atoms with Crippen molar-refractivity contribution in [3.05, 3.63) is 64.7 Å². The van der Waals surface area contributed by atoms with Crippen LogP contribution >= 0.6 is 11.3 Å². The topological polar surface area (TPSA) is 24.9 Å². The fraction of sp³-hybridized carbons (Fsp3) is 0.188. The van der Waals surface area contributed by atoms with Crippen molar-refractivity contribution in [3.8, 4) is 0 Å². The number of rotatable bonds is 1. The van der Waals surface area contributed by atoms with Gasteiger partial charge in [0.2, 0.25) is 0 Å². The fourth-order valence-electron chi connectivity index (χ4n) is 2.67. The van der Waals surface area contributed by atoms with Crippen molar-refractivity contribution in [3.63, 3.8) is 0 Å². The van der Waals surface area contributed by atoms with E-state index in [1.807, 2.05) is 0 Å². The summed E-state index contributed by atoms with van der Waals surface area (Å²) in [6.07, 6.45) is 1.04. The van der Waals surface area contributed by atoms with Gasteiger partial charge in [-0.2, -0.15) is 0 Å². The first-order chi connectivity index (χ1) is 9.40. The van der Waals surface area contributed by atoms with Crippen LogP contribution in [0, 0.1) is 0 Å². The molecule has 0 fully saturated rings. The number of thiazole rings is 1. The van der Waals surface area contributed by atoms with Crippen LogP contribution < -0.4 is 5.32 Å². The van der Waals surface area contributed by atoms with Gasteiger partial charge in [0.05, 0.1) is 16.3 Å². The van der Waals surface area contributed by atoms with Crippen LogP contribution in [0.2, 0.25) is 0 Å². The zero-order valence-corrected chi connectivity index (χ0v) is 11.3. The van der Waals surface area contributed by atoms with E-state index >= 15 is 0 Å². The molecule has 1 aromatic heterocycles. The van der Waals surface area contributed by atoms with Crippen LogP contribution in [0.4, 0.5) is 0 Å². The Bertz CT molecular complexity index is 699. The molecule has 19 heavy (non-hydrogen) atoms. The molecule has 0 aliphatic carbocycles. The maximum atomic E-state index is 4.77. The highest BCUT2D eigenvalue weighted by Gasteiger charge is 2.21. The summed E-state index contributed by atoms with van der Waals surface area (Å²) < 4.78 is 1.28. The molecule has 0 saturated heterocycles. The van der Waals surface area contributed by atoms with Crippen molar-refractivity contribution >= 4 is 21.6 Å². The lowest BCUT2D eigenvalue weighted by molar-refractivity contribution is 0.497. The number of hydrogen-bond donors (Lipinski definition) is 1. The molecule has 0 saturated carbocycles. The molecule has 1 unspecified atom stereocenters. The average Bonchev–Trinajstić information content (AvgIpc) is 2.90. The minimum Gasteiger partial charge on any atom is -0.304 e. The van der Waals surface area contributed by atoms with Crippen LogP contribution in [0.5, 0.6) is 0 Å². The second-order valence-electron chi connectivity index (χ2n) is 4.93. The first-order valence-electron chi connectivity index (χ1n) is 6.56. The van der Waals surface area contributed by atoms with E-state index in [1.165, 1.54) is 20.8 Å². The predicted octanol–water partition coefficient (Wildman–Crippen LogP) is 3.68. The maximum Gasteiger partial charge on any atom is 0.111 e. The predicted molar refractivity (Wildman–Crippen MR) is 79.3 cm³/mol. The van der Waals surface area contributed by atoms with Gasteiger partial charge in [-0.1, -0.05) is 36.4 Å². The first kappa shape index (κ1) is 11.1. The SMILES string of the molecule is c1ccc2c(c1)CNC(c1nc3ccccc3s1)C2. The van der Waals surface area contributed by atoms with Gasteiger partial charge in [0, 0.05) is 6.54 Å². The molecule has 2 heterocycles. The third-order valence-corrected chi connectivity index (χ3v) is 4.84. The van der Waals surface area contributed by atoms with Crippen molar-refractivity contribution in [1.29, 1.82) is 0 Å². The number of para-hydroxylation sites is 1. The van der Waals surface area contributed by atoms with Crippen molar-refractivity contribution in [2.24, 2.45) is 0 Å². The summed E-state index contributed by atoms with van der Waals surface area (Å²) in [5.41, 5.74) is 3.98. The molecule has 1 N–H and O–H groups in total. The first-order valence-corrected chi connectivity index (χ1v) is 7.37. The Labute approximate surface area is 116 Å². The number of nitrogens with one attached hydrogen (secondary N) is 1. The zero-order valence-electron chi connectivity index (χ0n) is 10.5. The van der Waals surface area contributed by atoms with Crippen molar-refractivity contribution in [2.45, 2.75) is 19.0 Å². The van der Waals surface area contributed by atoms with E-state index in [0.29, 0.717) is 6.04 Å². The van der Waals surface area contributed by atoms with E-state index < -0.39 is 0 Å². The van der Waals surface area contributed by atoms with Crippen molar-refractivity contribution in [2.75, 3.05) is 0 Å². The van der Waals surface area contributed by atoms with E-state index in [-0.39, 0.29) is 0 Å². The molecule has 3 heteroatoms. The molecule has 94 valence electrons. The second-order valence-corrected chi connectivity index (χ2v) is 5.99. The van der Waals surface area contributed by atoms with Gasteiger partial charge in [-0.15, -0.1) is 11.3 Å². The Kier molecular flexibility index (Phi) is 2.60. The van der Waals surface area contributed by atoms with Crippen molar-refractivity contribution in [1.82, 2.24) is 10.3 Å². The molecule has 4 rings (SSSR count). The van der Waals surface area contributed by atoms with Crippen molar-refractivity contribution < 1.29 is 0 Å². The molecule has 2 nitrogen and oxygen atoms in total. The summed E-state index contributed by atoms with van der Waals surface area (Å²) in [4.78, 5) is 4.77. The van der Waals surface area contributed by atoms with Crippen LogP contribution in [-0.4, -0.2) is 4.98 Å². The highest BCUT2D eigenvalue weighted by Crippen LogP contribution is 2.31. The minimum absolute atomic E-state index is 0.354. The summed E-state index contributed by atoms with van der Waals surface area (Å²) in [5, 5.41) is 4.80. The quantitative estimate of drug-likeness (QED) is 0.726. The monoisotopic (exact) mass is 266 g/mol. The smallest absolute Gasteiger partial charge is 0.111 e. The highest BCUT2D eigenvalue weighted by molar-refractivity contribution is 7.18. The lowest BCUT2D eigenvalue weighted by atomic mass is 9.96. The van der Waals surface area contributed by atoms with E-state index in [1.54, 1.807) is 11.3 Å². The average molecular weight is 266 g/mol. The minimum atomic E-state index is 0.354.